The van der Waals surface area contributed by atoms with Crippen LogP contribution in [-0.4, -0.2) is 4.98 Å². The summed E-state index contributed by atoms with van der Waals surface area (Å²) < 4.78 is 0. The van der Waals surface area contributed by atoms with Crippen LogP contribution in [0.25, 0.3) is 27.2 Å². The largest absolute Gasteiger partial charge is 0.256 e. The summed E-state index contributed by atoms with van der Waals surface area (Å²) >= 11 is 0. The predicted molar refractivity (Wildman–Crippen MR) is 114 cm³/mol. The zero-order chi connectivity index (χ0) is 19.6. The maximum atomic E-state index is 7.46. The van der Waals surface area contributed by atoms with Crippen molar-refractivity contribution in [2.45, 2.75) is 47.0 Å². The first kappa shape index (κ1) is 18.9. The molecule has 0 spiro atoms. The lowest BCUT2D eigenvalue weighted by molar-refractivity contribution is 0.734. The van der Waals surface area contributed by atoms with E-state index in [1.165, 1.54) is 33.4 Å². The van der Waals surface area contributed by atoms with Gasteiger partial charge in [-0.15, -0.1) is 0 Å². The second kappa shape index (κ2) is 7.76. The Hall–Kier alpha value is -2.92. The smallest absolute Gasteiger partial charge is 0.188 e. The average Bonchev–Trinajstić information content (AvgIpc) is 2.66. The number of benzene rings is 2. The Morgan fingerprint density at radius 1 is 0.963 bits per heavy atom. The van der Waals surface area contributed by atoms with E-state index in [-0.39, 0.29) is 0 Å². The van der Waals surface area contributed by atoms with Crippen molar-refractivity contribution in [1.82, 2.24) is 4.98 Å². The van der Waals surface area contributed by atoms with Gasteiger partial charge < -0.3 is 0 Å². The quantitative estimate of drug-likeness (QED) is 0.446. The summed E-state index contributed by atoms with van der Waals surface area (Å²) in [6, 6.07) is 14.8. The zero-order valence-corrected chi connectivity index (χ0v) is 16.8. The van der Waals surface area contributed by atoms with Crippen molar-refractivity contribution in [2.75, 3.05) is 0 Å². The Labute approximate surface area is 162 Å². The number of hydrogen-bond donors (Lipinski definition) is 0. The SMILES string of the molecule is [C-]#[N+]c1cc(-c2cc(-c3c(C)cc(C)cc3C)ccn2)cc(C(C)CC)c1. The van der Waals surface area contributed by atoms with E-state index in [1.807, 2.05) is 18.3 Å². The molecule has 2 heteroatoms. The fourth-order valence-corrected chi connectivity index (χ4v) is 3.75. The minimum absolute atomic E-state index is 0.426. The molecular weight excluding hydrogens is 328 g/mol. The van der Waals surface area contributed by atoms with Crippen LogP contribution in [0.1, 0.15) is 48.4 Å². The van der Waals surface area contributed by atoms with Crippen molar-refractivity contribution in [3.05, 3.63) is 82.3 Å². The Kier molecular flexibility index (Phi) is 5.42. The minimum atomic E-state index is 0.426. The van der Waals surface area contributed by atoms with Gasteiger partial charge in [-0.25, -0.2) is 4.85 Å². The van der Waals surface area contributed by atoms with Crippen molar-refractivity contribution in [1.29, 1.82) is 0 Å². The summed E-state index contributed by atoms with van der Waals surface area (Å²) in [6.45, 7) is 18.3. The number of hydrogen-bond acceptors (Lipinski definition) is 1. The van der Waals surface area contributed by atoms with Crippen molar-refractivity contribution < 1.29 is 0 Å². The maximum absolute atomic E-state index is 7.46. The molecule has 27 heavy (non-hydrogen) atoms. The highest BCUT2D eigenvalue weighted by molar-refractivity contribution is 5.76. The minimum Gasteiger partial charge on any atom is -0.256 e. The third-order valence-electron chi connectivity index (χ3n) is 5.27. The molecule has 0 aliphatic rings. The van der Waals surface area contributed by atoms with Crippen LogP contribution in [0.3, 0.4) is 0 Å². The number of pyridine rings is 1. The number of nitrogens with zero attached hydrogens (tertiary/aromatic N) is 2. The molecule has 0 fully saturated rings. The van der Waals surface area contributed by atoms with Crippen LogP contribution in [0.5, 0.6) is 0 Å². The summed E-state index contributed by atoms with van der Waals surface area (Å²) in [4.78, 5) is 8.29. The molecule has 2 aromatic carbocycles. The Balaban J connectivity index is 2.13. The van der Waals surface area contributed by atoms with Gasteiger partial charge >= 0.3 is 0 Å². The zero-order valence-electron chi connectivity index (χ0n) is 16.8. The molecule has 1 aromatic heterocycles. The van der Waals surface area contributed by atoms with Gasteiger partial charge in [0.1, 0.15) is 0 Å². The Morgan fingerprint density at radius 2 is 1.67 bits per heavy atom. The van der Waals surface area contributed by atoms with E-state index in [1.54, 1.807) is 0 Å². The van der Waals surface area contributed by atoms with Crippen LogP contribution < -0.4 is 0 Å². The first-order valence-corrected chi connectivity index (χ1v) is 9.50. The second-order valence-electron chi connectivity index (χ2n) is 7.44. The van der Waals surface area contributed by atoms with Crippen LogP contribution in [0.2, 0.25) is 0 Å². The van der Waals surface area contributed by atoms with E-state index >= 15 is 0 Å². The van der Waals surface area contributed by atoms with Gasteiger partial charge in [-0.05, 0) is 79.1 Å². The van der Waals surface area contributed by atoms with Crippen molar-refractivity contribution >= 4 is 5.69 Å². The highest BCUT2D eigenvalue weighted by atomic mass is 14.7. The summed E-state index contributed by atoms with van der Waals surface area (Å²) in [5, 5.41) is 0. The van der Waals surface area contributed by atoms with Crippen molar-refractivity contribution in [2.24, 2.45) is 0 Å². The standard InChI is InChI=1S/C25H26N2/c1-7-17(3)21-12-22(14-23(13-21)26-6)24-15-20(8-9-27-24)25-18(4)10-16(2)11-19(25)5/h8-15,17H,7H2,1-5H3. The molecule has 0 aliphatic heterocycles. The molecule has 136 valence electrons. The Morgan fingerprint density at radius 3 is 2.30 bits per heavy atom. The number of rotatable bonds is 4. The molecule has 0 saturated carbocycles. The fourth-order valence-electron chi connectivity index (χ4n) is 3.75. The van der Waals surface area contributed by atoms with E-state index in [0.29, 0.717) is 11.6 Å². The Bertz CT molecular complexity index is 1000. The molecule has 0 bridgehead atoms. The summed E-state index contributed by atoms with van der Waals surface area (Å²) in [6.07, 6.45) is 2.92. The molecular formula is C25H26N2. The predicted octanol–water partition coefficient (Wildman–Crippen LogP) is 7.41. The monoisotopic (exact) mass is 354 g/mol. The van der Waals surface area contributed by atoms with Gasteiger partial charge in [0.15, 0.2) is 5.69 Å². The van der Waals surface area contributed by atoms with Crippen molar-refractivity contribution in [3.63, 3.8) is 0 Å². The van der Waals surface area contributed by atoms with Crippen LogP contribution in [-0.2, 0) is 0 Å². The first-order valence-electron chi connectivity index (χ1n) is 9.50. The van der Waals surface area contributed by atoms with Crippen LogP contribution in [0.15, 0.2) is 48.7 Å². The second-order valence-corrected chi connectivity index (χ2v) is 7.44. The summed E-state index contributed by atoms with van der Waals surface area (Å²) in [7, 11) is 0. The van der Waals surface area contributed by atoms with Gasteiger partial charge in [-0.3, -0.25) is 4.98 Å². The molecule has 0 radical (unpaired) electrons. The molecule has 3 rings (SSSR count). The topological polar surface area (TPSA) is 17.2 Å². The molecule has 0 N–H and O–H groups in total. The number of aryl methyl sites for hydroxylation is 3. The molecule has 0 saturated heterocycles. The third kappa shape index (κ3) is 3.93. The fraction of sp³-hybridized carbons (Fsp3) is 0.280. The van der Waals surface area contributed by atoms with Gasteiger partial charge in [0, 0.05) is 6.20 Å². The lowest BCUT2D eigenvalue weighted by atomic mass is 9.92. The molecule has 3 aromatic rings. The van der Waals surface area contributed by atoms with E-state index < -0.39 is 0 Å². The van der Waals surface area contributed by atoms with Gasteiger partial charge in [0.25, 0.3) is 0 Å². The normalized spacial score (nSPS) is 11.9. The summed E-state index contributed by atoms with van der Waals surface area (Å²) in [5.74, 6) is 0.426. The third-order valence-corrected chi connectivity index (χ3v) is 5.27. The summed E-state index contributed by atoms with van der Waals surface area (Å²) in [5.41, 5.74) is 10.1. The first-order chi connectivity index (χ1) is 12.9. The van der Waals surface area contributed by atoms with Crippen molar-refractivity contribution in [3.8, 4) is 22.4 Å². The van der Waals surface area contributed by atoms with E-state index in [4.69, 9.17) is 6.57 Å². The van der Waals surface area contributed by atoms with E-state index in [9.17, 15) is 0 Å². The van der Waals surface area contributed by atoms with Gasteiger partial charge in [0.2, 0.25) is 0 Å². The molecule has 1 unspecified atom stereocenters. The van der Waals surface area contributed by atoms with Gasteiger partial charge in [-0.2, -0.15) is 0 Å². The molecule has 0 aliphatic carbocycles. The average molecular weight is 354 g/mol. The molecule has 1 atom stereocenters. The van der Waals surface area contributed by atoms with Crippen LogP contribution in [0, 0.1) is 27.3 Å². The van der Waals surface area contributed by atoms with E-state index in [0.717, 1.165) is 17.7 Å². The highest BCUT2D eigenvalue weighted by Gasteiger charge is 2.12. The maximum Gasteiger partial charge on any atom is 0.188 e. The van der Waals surface area contributed by atoms with Gasteiger partial charge in [0.05, 0.1) is 12.3 Å². The lowest BCUT2D eigenvalue weighted by Crippen LogP contribution is -1.94. The highest BCUT2D eigenvalue weighted by Crippen LogP contribution is 2.33. The van der Waals surface area contributed by atoms with Gasteiger partial charge in [-0.1, -0.05) is 49.2 Å². The van der Waals surface area contributed by atoms with Crippen LogP contribution in [0.4, 0.5) is 5.69 Å². The van der Waals surface area contributed by atoms with E-state index in [2.05, 4.69) is 74.8 Å². The lowest BCUT2D eigenvalue weighted by Gasteiger charge is -2.14. The molecule has 0 amide bonds. The molecule has 1 heterocycles. The molecule has 2 nitrogen and oxygen atoms in total. The number of aromatic nitrogens is 1. The van der Waals surface area contributed by atoms with Crippen LogP contribution >= 0.6 is 0 Å².